The van der Waals surface area contributed by atoms with Crippen LogP contribution < -0.4 is 5.32 Å². The number of benzene rings is 3. The minimum atomic E-state index is -1.16. The molecule has 1 aliphatic rings. The molecule has 0 fully saturated rings. The van der Waals surface area contributed by atoms with Crippen molar-refractivity contribution in [1.29, 1.82) is 0 Å². The van der Waals surface area contributed by atoms with Gasteiger partial charge in [-0.3, -0.25) is 0 Å². The molecule has 3 aromatic rings. The molecule has 4 rings (SSSR count). The van der Waals surface area contributed by atoms with E-state index in [0.29, 0.717) is 11.1 Å². The van der Waals surface area contributed by atoms with Crippen molar-refractivity contribution in [3.63, 3.8) is 0 Å². The molecule has 3 N–H and O–H groups in total. The van der Waals surface area contributed by atoms with Crippen molar-refractivity contribution in [3.05, 3.63) is 95.1 Å². The number of aliphatic hydroxyl groups is 2. The summed E-state index contributed by atoms with van der Waals surface area (Å²) in [7, 11) is 0. The first-order chi connectivity index (χ1) is 17.0. The van der Waals surface area contributed by atoms with Gasteiger partial charge in [0.2, 0.25) is 0 Å². The summed E-state index contributed by atoms with van der Waals surface area (Å²) in [5, 5.41) is 23.4. The van der Waals surface area contributed by atoms with Crippen molar-refractivity contribution >= 4 is 12.1 Å². The van der Waals surface area contributed by atoms with Crippen LogP contribution in [0.2, 0.25) is 0 Å². The van der Waals surface area contributed by atoms with E-state index in [1.807, 2.05) is 24.3 Å². The maximum atomic E-state index is 12.3. The molecule has 3 aromatic carbocycles. The van der Waals surface area contributed by atoms with Gasteiger partial charge in [-0.2, -0.15) is 0 Å². The van der Waals surface area contributed by atoms with Crippen LogP contribution in [0.5, 0.6) is 0 Å². The van der Waals surface area contributed by atoms with Gasteiger partial charge in [-0.15, -0.1) is 0 Å². The van der Waals surface area contributed by atoms with Crippen molar-refractivity contribution in [2.45, 2.75) is 31.5 Å². The zero-order chi connectivity index (χ0) is 24.8. The lowest BCUT2D eigenvalue weighted by atomic mass is 9.98. The van der Waals surface area contributed by atoms with Gasteiger partial charge < -0.3 is 25.0 Å². The lowest BCUT2D eigenvalue weighted by molar-refractivity contribution is 0.0136. The Hall–Kier alpha value is -3.68. The van der Waals surface area contributed by atoms with Crippen LogP contribution >= 0.6 is 0 Å². The molecule has 0 saturated carbocycles. The Morgan fingerprint density at radius 3 is 2.09 bits per heavy atom. The predicted octanol–water partition coefficient (Wildman–Crippen LogP) is 4.19. The van der Waals surface area contributed by atoms with Crippen LogP contribution in [-0.2, 0) is 9.47 Å². The second-order valence-electron chi connectivity index (χ2n) is 8.40. The fourth-order valence-corrected chi connectivity index (χ4v) is 4.38. The largest absolute Gasteiger partial charge is 0.462 e. The first kappa shape index (κ1) is 24.4. The Labute approximate surface area is 204 Å². The quantitative estimate of drug-likeness (QED) is 0.401. The van der Waals surface area contributed by atoms with Crippen molar-refractivity contribution in [2.24, 2.45) is 0 Å². The van der Waals surface area contributed by atoms with Crippen LogP contribution in [0.15, 0.2) is 72.8 Å². The molecular weight excluding hydrogens is 446 g/mol. The predicted molar refractivity (Wildman–Crippen MR) is 131 cm³/mol. The topological polar surface area (TPSA) is 105 Å². The second kappa shape index (κ2) is 11.2. The molecule has 182 valence electrons. The SMILES string of the molecule is CCOC(=O)c1ccc(C(O)C(O)CCNC(=O)OCC2c3ccccc3-c3ccccc32)cc1. The van der Waals surface area contributed by atoms with E-state index in [2.05, 4.69) is 29.6 Å². The Kier molecular flexibility index (Phi) is 7.80. The van der Waals surface area contributed by atoms with Gasteiger partial charge in [-0.1, -0.05) is 60.7 Å². The summed E-state index contributed by atoms with van der Waals surface area (Å²) in [4.78, 5) is 24.0. The number of ether oxygens (including phenoxy) is 2. The lowest BCUT2D eigenvalue weighted by Gasteiger charge is -2.19. The minimum Gasteiger partial charge on any atom is -0.462 e. The smallest absolute Gasteiger partial charge is 0.407 e. The number of alkyl carbamates (subject to hydrolysis) is 1. The van der Waals surface area contributed by atoms with Gasteiger partial charge in [0.1, 0.15) is 12.7 Å². The number of carbonyl (C=O) groups is 2. The van der Waals surface area contributed by atoms with E-state index in [1.165, 1.54) is 12.1 Å². The maximum absolute atomic E-state index is 12.3. The van der Waals surface area contributed by atoms with Crippen molar-refractivity contribution in [1.82, 2.24) is 5.32 Å². The highest BCUT2D eigenvalue weighted by molar-refractivity contribution is 5.89. The number of hydrogen-bond donors (Lipinski definition) is 3. The number of amides is 1. The van der Waals surface area contributed by atoms with E-state index >= 15 is 0 Å². The highest BCUT2D eigenvalue weighted by Gasteiger charge is 2.29. The molecule has 2 atom stereocenters. The maximum Gasteiger partial charge on any atom is 0.407 e. The molecule has 7 heteroatoms. The third-order valence-corrected chi connectivity index (χ3v) is 6.18. The van der Waals surface area contributed by atoms with E-state index in [1.54, 1.807) is 19.1 Å². The van der Waals surface area contributed by atoms with Gasteiger partial charge in [0, 0.05) is 12.5 Å². The number of rotatable bonds is 9. The zero-order valence-electron chi connectivity index (χ0n) is 19.5. The van der Waals surface area contributed by atoms with Crippen LogP contribution in [0, 0.1) is 0 Å². The summed E-state index contributed by atoms with van der Waals surface area (Å²) >= 11 is 0. The Morgan fingerprint density at radius 2 is 1.49 bits per heavy atom. The molecule has 0 radical (unpaired) electrons. The molecule has 35 heavy (non-hydrogen) atoms. The van der Waals surface area contributed by atoms with Gasteiger partial charge in [-0.05, 0) is 53.3 Å². The highest BCUT2D eigenvalue weighted by Crippen LogP contribution is 2.44. The lowest BCUT2D eigenvalue weighted by Crippen LogP contribution is -2.30. The van der Waals surface area contributed by atoms with Gasteiger partial charge >= 0.3 is 12.1 Å². The zero-order valence-corrected chi connectivity index (χ0v) is 19.5. The fraction of sp³-hybridized carbons (Fsp3) is 0.286. The van der Waals surface area contributed by atoms with Gasteiger partial charge in [0.25, 0.3) is 0 Å². The standard InChI is InChI=1S/C28H29NO6/c1-2-34-27(32)19-13-11-18(12-14-19)26(31)25(30)15-16-29-28(33)35-17-24-22-9-5-3-7-20(22)21-8-4-6-10-23(21)24/h3-14,24-26,30-31H,2,15-17H2,1H3,(H,29,33). The molecule has 0 saturated heterocycles. The highest BCUT2D eigenvalue weighted by atomic mass is 16.5. The summed E-state index contributed by atoms with van der Waals surface area (Å²) in [6.07, 6.45) is -2.70. The Balaban J connectivity index is 1.25. The number of aliphatic hydroxyl groups excluding tert-OH is 2. The molecule has 2 unspecified atom stereocenters. The number of carbonyl (C=O) groups excluding carboxylic acids is 2. The third-order valence-electron chi connectivity index (χ3n) is 6.18. The molecule has 0 aliphatic heterocycles. The van der Waals surface area contributed by atoms with E-state index in [0.717, 1.165) is 22.3 Å². The summed E-state index contributed by atoms with van der Waals surface area (Å²) in [6.45, 7) is 2.34. The Morgan fingerprint density at radius 1 is 0.886 bits per heavy atom. The molecule has 0 aromatic heterocycles. The first-order valence-electron chi connectivity index (χ1n) is 11.7. The molecular formula is C28H29NO6. The first-order valence-corrected chi connectivity index (χ1v) is 11.7. The summed E-state index contributed by atoms with van der Waals surface area (Å²) in [6, 6.07) is 22.4. The van der Waals surface area contributed by atoms with E-state index in [-0.39, 0.29) is 32.1 Å². The fourth-order valence-electron chi connectivity index (χ4n) is 4.38. The van der Waals surface area contributed by atoms with E-state index < -0.39 is 24.3 Å². The average molecular weight is 476 g/mol. The van der Waals surface area contributed by atoms with Gasteiger partial charge in [0.05, 0.1) is 18.3 Å². The van der Waals surface area contributed by atoms with E-state index in [4.69, 9.17) is 9.47 Å². The Bertz CT molecular complexity index is 1130. The summed E-state index contributed by atoms with van der Waals surface area (Å²) in [5.74, 6) is -0.473. The van der Waals surface area contributed by atoms with Gasteiger partial charge in [0.15, 0.2) is 0 Å². The van der Waals surface area contributed by atoms with Crippen molar-refractivity contribution in [2.75, 3.05) is 19.8 Å². The van der Waals surface area contributed by atoms with Crippen LogP contribution in [0.25, 0.3) is 11.1 Å². The minimum absolute atomic E-state index is 0.0295. The summed E-state index contributed by atoms with van der Waals surface area (Å²) in [5.41, 5.74) is 5.41. The number of nitrogens with one attached hydrogen (secondary N) is 1. The van der Waals surface area contributed by atoms with Crippen molar-refractivity contribution in [3.8, 4) is 11.1 Å². The van der Waals surface area contributed by atoms with E-state index in [9.17, 15) is 19.8 Å². The number of esters is 1. The molecule has 0 bridgehead atoms. The summed E-state index contributed by atoms with van der Waals surface area (Å²) < 4.78 is 10.4. The van der Waals surface area contributed by atoms with Crippen LogP contribution in [0.4, 0.5) is 4.79 Å². The van der Waals surface area contributed by atoms with Gasteiger partial charge in [-0.25, -0.2) is 9.59 Å². The molecule has 1 amide bonds. The third kappa shape index (κ3) is 5.53. The van der Waals surface area contributed by atoms with Crippen molar-refractivity contribution < 1.29 is 29.3 Å². The molecule has 7 nitrogen and oxygen atoms in total. The van der Waals surface area contributed by atoms with Crippen LogP contribution in [0.3, 0.4) is 0 Å². The molecule has 0 heterocycles. The molecule has 0 spiro atoms. The monoisotopic (exact) mass is 475 g/mol. The van der Waals surface area contributed by atoms with Crippen LogP contribution in [-0.4, -0.2) is 48.1 Å². The second-order valence-corrected chi connectivity index (χ2v) is 8.40. The average Bonchev–Trinajstić information content (AvgIpc) is 3.21. The normalized spacial score (nSPS) is 13.9. The number of fused-ring (bicyclic) bond motifs is 3. The van der Waals surface area contributed by atoms with Crippen LogP contribution in [0.1, 0.15) is 52.4 Å². The molecule has 1 aliphatic carbocycles. The number of hydrogen-bond acceptors (Lipinski definition) is 6.